The Morgan fingerprint density at radius 1 is 1.20 bits per heavy atom. The van der Waals surface area contributed by atoms with Gasteiger partial charge in [-0.25, -0.2) is 4.79 Å². The number of quaternary nitrogens is 1. The van der Waals surface area contributed by atoms with Gasteiger partial charge in [-0.2, -0.15) is 0 Å². The van der Waals surface area contributed by atoms with Crippen molar-refractivity contribution in [3.63, 3.8) is 0 Å². The molecule has 1 aromatic rings. The molecule has 0 aromatic heterocycles. The van der Waals surface area contributed by atoms with E-state index in [-0.39, 0.29) is 5.97 Å². The van der Waals surface area contributed by atoms with Gasteiger partial charge in [-0.15, -0.1) is 0 Å². The fraction of sp³-hybridized carbons (Fsp3) is 0.417. The molecule has 0 spiro atoms. The first-order valence-electron chi connectivity index (χ1n) is 5.02. The topological polar surface area (TPSA) is 26.3 Å². The molecular formula is C12H18NO2+. The van der Waals surface area contributed by atoms with Gasteiger partial charge >= 0.3 is 5.97 Å². The van der Waals surface area contributed by atoms with E-state index in [0.717, 1.165) is 11.0 Å². The average Bonchev–Trinajstić information content (AvgIpc) is 2.17. The van der Waals surface area contributed by atoms with Crippen LogP contribution in [0, 0.1) is 0 Å². The molecule has 0 radical (unpaired) electrons. The van der Waals surface area contributed by atoms with Crippen LogP contribution in [0.4, 0.5) is 0 Å². The Labute approximate surface area is 90.9 Å². The highest BCUT2D eigenvalue weighted by molar-refractivity contribution is 5.89. The first-order chi connectivity index (χ1) is 6.99. The Morgan fingerprint density at radius 3 is 2.33 bits per heavy atom. The zero-order valence-electron chi connectivity index (χ0n) is 9.56. The normalized spacial score (nSPS) is 11.1. The number of nitrogens with zero attached hydrogens (tertiary/aromatic N) is 1. The summed E-state index contributed by atoms with van der Waals surface area (Å²) < 4.78 is 5.94. The Kier molecular flexibility index (Phi) is 3.86. The van der Waals surface area contributed by atoms with Gasteiger partial charge in [0.25, 0.3) is 0 Å². The molecule has 0 saturated carbocycles. The van der Waals surface area contributed by atoms with Gasteiger partial charge in [0.15, 0.2) is 0 Å². The quantitative estimate of drug-likeness (QED) is 0.554. The van der Waals surface area contributed by atoms with Gasteiger partial charge in [0.05, 0.1) is 26.7 Å². The molecule has 0 fully saturated rings. The van der Waals surface area contributed by atoms with E-state index in [1.54, 1.807) is 12.1 Å². The molecule has 0 heterocycles. The lowest BCUT2D eigenvalue weighted by Gasteiger charge is -2.23. The molecule has 0 N–H and O–H groups in total. The van der Waals surface area contributed by atoms with E-state index in [4.69, 9.17) is 4.74 Å². The van der Waals surface area contributed by atoms with Crippen molar-refractivity contribution < 1.29 is 14.0 Å². The van der Waals surface area contributed by atoms with E-state index < -0.39 is 0 Å². The van der Waals surface area contributed by atoms with Gasteiger partial charge in [0.2, 0.25) is 0 Å². The first kappa shape index (κ1) is 11.7. The number of esters is 1. The van der Waals surface area contributed by atoms with Crippen LogP contribution in [0.25, 0.3) is 0 Å². The highest BCUT2D eigenvalue weighted by atomic mass is 16.5. The number of likely N-dealkylation sites (N-methyl/N-ethyl adjacent to an activating group) is 1. The lowest BCUT2D eigenvalue weighted by molar-refractivity contribution is -0.870. The van der Waals surface area contributed by atoms with Crippen LogP contribution in [0.1, 0.15) is 10.4 Å². The maximum atomic E-state index is 11.5. The second-order valence-corrected chi connectivity index (χ2v) is 4.52. The number of hydrogen-bond donors (Lipinski definition) is 0. The molecule has 0 aliphatic heterocycles. The fourth-order valence-electron chi connectivity index (χ4n) is 1.07. The predicted octanol–water partition coefficient (Wildman–Crippen LogP) is 1.55. The smallest absolute Gasteiger partial charge is 0.338 e. The minimum atomic E-state index is -0.246. The van der Waals surface area contributed by atoms with Crippen molar-refractivity contribution in [2.45, 2.75) is 0 Å². The van der Waals surface area contributed by atoms with Crippen LogP contribution in [0.2, 0.25) is 0 Å². The third-order valence-electron chi connectivity index (χ3n) is 2.00. The van der Waals surface area contributed by atoms with Crippen molar-refractivity contribution in [1.29, 1.82) is 0 Å². The largest absolute Gasteiger partial charge is 0.456 e. The minimum Gasteiger partial charge on any atom is -0.456 e. The summed E-state index contributed by atoms with van der Waals surface area (Å²) >= 11 is 0. The fourth-order valence-corrected chi connectivity index (χ4v) is 1.07. The van der Waals surface area contributed by atoms with Crippen molar-refractivity contribution in [2.75, 3.05) is 34.3 Å². The summed E-state index contributed by atoms with van der Waals surface area (Å²) in [6.07, 6.45) is 0. The summed E-state index contributed by atoms with van der Waals surface area (Å²) in [7, 11) is 6.20. The van der Waals surface area contributed by atoms with Gasteiger partial charge in [-0.1, -0.05) is 18.2 Å². The predicted molar refractivity (Wildman–Crippen MR) is 59.6 cm³/mol. The first-order valence-corrected chi connectivity index (χ1v) is 5.02. The molecule has 0 bridgehead atoms. The second kappa shape index (κ2) is 4.94. The van der Waals surface area contributed by atoms with Crippen LogP contribution in [0.15, 0.2) is 30.3 Å². The summed E-state index contributed by atoms with van der Waals surface area (Å²) in [6.45, 7) is 1.27. The molecule has 3 heteroatoms. The lowest BCUT2D eigenvalue weighted by Crippen LogP contribution is -2.38. The standard InChI is InChI=1S/C12H18NO2/c1-13(2,3)9-10-15-12(14)11-7-5-4-6-8-11/h4-8H,9-10H2,1-3H3/q+1. The van der Waals surface area contributed by atoms with E-state index in [1.807, 2.05) is 18.2 Å². The Morgan fingerprint density at radius 2 is 1.80 bits per heavy atom. The molecule has 0 aliphatic carbocycles. The molecule has 1 aromatic carbocycles. The monoisotopic (exact) mass is 208 g/mol. The molecule has 3 nitrogen and oxygen atoms in total. The van der Waals surface area contributed by atoms with Crippen LogP contribution < -0.4 is 0 Å². The molecule has 15 heavy (non-hydrogen) atoms. The minimum absolute atomic E-state index is 0.246. The number of benzene rings is 1. The number of carbonyl (C=O) groups is 1. The van der Waals surface area contributed by atoms with Gasteiger partial charge in [0, 0.05) is 0 Å². The summed E-state index contributed by atoms with van der Waals surface area (Å²) in [4.78, 5) is 11.5. The highest BCUT2D eigenvalue weighted by Crippen LogP contribution is 2.01. The van der Waals surface area contributed by atoms with Gasteiger partial charge in [-0.3, -0.25) is 0 Å². The zero-order valence-corrected chi connectivity index (χ0v) is 9.56. The maximum Gasteiger partial charge on any atom is 0.338 e. The number of rotatable bonds is 4. The molecule has 0 amide bonds. The van der Waals surface area contributed by atoms with E-state index in [0.29, 0.717) is 12.2 Å². The van der Waals surface area contributed by atoms with Gasteiger partial charge in [-0.05, 0) is 12.1 Å². The van der Waals surface area contributed by atoms with Crippen LogP contribution in [-0.2, 0) is 4.74 Å². The van der Waals surface area contributed by atoms with Crippen LogP contribution in [0.3, 0.4) is 0 Å². The van der Waals surface area contributed by atoms with Gasteiger partial charge in [0.1, 0.15) is 13.2 Å². The zero-order chi connectivity index (χ0) is 11.3. The Hall–Kier alpha value is -1.35. The average molecular weight is 208 g/mol. The van der Waals surface area contributed by atoms with Crippen molar-refractivity contribution >= 4 is 5.97 Å². The Balaban J connectivity index is 2.38. The van der Waals surface area contributed by atoms with Gasteiger partial charge < -0.3 is 9.22 Å². The van der Waals surface area contributed by atoms with Crippen molar-refractivity contribution in [2.24, 2.45) is 0 Å². The maximum absolute atomic E-state index is 11.5. The van der Waals surface area contributed by atoms with Crippen molar-refractivity contribution in [3.8, 4) is 0 Å². The third kappa shape index (κ3) is 4.61. The second-order valence-electron chi connectivity index (χ2n) is 4.52. The number of ether oxygens (including phenoxy) is 1. The summed E-state index contributed by atoms with van der Waals surface area (Å²) in [6, 6.07) is 9.05. The van der Waals surface area contributed by atoms with Crippen molar-refractivity contribution in [1.82, 2.24) is 0 Å². The molecule has 0 saturated heterocycles. The molecular weight excluding hydrogens is 190 g/mol. The van der Waals surface area contributed by atoms with Crippen LogP contribution in [-0.4, -0.2) is 44.7 Å². The Bertz CT molecular complexity index is 314. The SMILES string of the molecule is C[N+](C)(C)CCOC(=O)c1ccccc1. The molecule has 0 aliphatic rings. The summed E-state index contributed by atoms with van der Waals surface area (Å²) in [5, 5.41) is 0. The lowest BCUT2D eigenvalue weighted by atomic mass is 10.2. The highest BCUT2D eigenvalue weighted by Gasteiger charge is 2.10. The van der Waals surface area contributed by atoms with Crippen LogP contribution in [0.5, 0.6) is 0 Å². The van der Waals surface area contributed by atoms with Crippen molar-refractivity contribution in [3.05, 3.63) is 35.9 Å². The third-order valence-corrected chi connectivity index (χ3v) is 2.00. The molecule has 0 unspecified atom stereocenters. The van der Waals surface area contributed by atoms with E-state index in [1.165, 1.54) is 0 Å². The number of hydrogen-bond acceptors (Lipinski definition) is 2. The van der Waals surface area contributed by atoms with Crippen LogP contribution >= 0.6 is 0 Å². The summed E-state index contributed by atoms with van der Waals surface area (Å²) in [5.41, 5.74) is 0.610. The summed E-state index contributed by atoms with van der Waals surface area (Å²) in [5.74, 6) is -0.246. The van der Waals surface area contributed by atoms with E-state index in [2.05, 4.69) is 21.1 Å². The van der Waals surface area contributed by atoms with E-state index >= 15 is 0 Å². The number of carbonyl (C=O) groups excluding carboxylic acids is 1. The van der Waals surface area contributed by atoms with E-state index in [9.17, 15) is 4.79 Å². The molecule has 1 rings (SSSR count). The molecule has 82 valence electrons. The molecule has 0 atom stereocenters.